The highest BCUT2D eigenvalue weighted by atomic mass is 16.1. The molecule has 0 aromatic heterocycles. The van der Waals surface area contributed by atoms with Gasteiger partial charge in [0.05, 0.1) is 0 Å². The van der Waals surface area contributed by atoms with Crippen LogP contribution in [0.2, 0.25) is 0 Å². The van der Waals surface area contributed by atoms with E-state index in [9.17, 15) is 4.79 Å². The van der Waals surface area contributed by atoms with Crippen LogP contribution in [0.3, 0.4) is 0 Å². The van der Waals surface area contributed by atoms with Gasteiger partial charge in [-0.25, -0.2) is 0 Å². The van der Waals surface area contributed by atoms with Crippen molar-refractivity contribution in [1.82, 2.24) is 0 Å². The van der Waals surface area contributed by atoms with E-state index in [1.807, 2.05) is 84.9 Å². The molecule has 0 saturated heterocycles. The van der Waals surface area contributed by atoms with Crippen molar-refractivity contribution in [2.45, 2.75) is 0 Å². The van der Waals surface area contributed by atoms with Gasteiger partial charge in [0.15, 0.2) is 5.78 Å². The van der Waals surface area contributed by atoms with E-state index in [0.29, 0.717) is 5.56 Å². The topological polar surface area (TPSA) is 17.1 Å². The molecule has 0 bridgehead atoms. The Morgan fingerprint density at radius 1 is 0.625 bits per heavy atom. The number of hydrogen-bond acceptors (Lipinski definition) is 1. The zero-order chi connectivity index (χ0) is 16.6. The van der Waals surface area contributed by atoms with Crippen molar-refractivity contribution in [3.63, 3.8) is 0 Å². The Balaban J connectivity index is 1.65. The van der Waals surface area contributed by atoms with E-state index in [2.05, 4.69) is 12.1 Å². The molecule has 0 aliphatic heterocycles. The van der Waals surface area contributed by atoms with Gasteiger partial charge in [0.1, 0.15) is 0 Å². The molecular formula is C23H18O. The highest BCUT2D eigenvalue weighted by molar-refractivity contribution is 6.04. The first-order valence-corrected chi connectivity index (χ1v) is 7.92. The maximum atomic E-state index is 12.2. The maximum absolute atomic E-state index is 12.2. The molecule has 3 rings (SSSR count). The highest BCUT2D eigenvalue weighted by Crippen LogP contribution is 2.19. The molecule has 0 fully saturated rings. The number of allylic oxidation sites excluding steroid dienone is 3. The van der Waals surface area contributed by atoms with E-state index < -0.39 is 0 Å². The number of carbonyl (C=O) groups excluding carboxylic acids is 1. The van der Waals surface area contributed by atoms with Crippen LogP contribution in [-0.2, 0) is 0 Å². The molecule has 0 N–H and O–H groups in total. The lowest BCUT2D eigenvalue weighted by molar-refractivity contribution is 0.104. The Hall–Kier alpha value is -3.19. The summed E-state index contributed by atoms with van der Waals surface area (Å²) in [5, 5.41) is 0. The molecule has 0 amide bonds. The normalized spacial score (nSPS) is 11.2. The number of carbonyl (C=O) groups is 1. The second-order valence-corrected chi connectivity index (χ2v) is 5.44. The fourth-order valence-electron chi connectivity index (χ4n) is 2.43. The lowest BCUT2D eigenvalue weighted by Crippen LogP contribution is -1.93. The van der Waals surface area contributed by atoms with E-state index in [-0.39, 0.29) is 5.78 Å². The third kappa shape index (κ3) is 4.17. The summed E-state index contributed by atoms with van der Waals surface area (Å²) in [6.07, 6.45) is 7.23. The molecule has 0 radical (unpaired) electrons. The van der Waals surface area contributed by atoms with Gasteiger partial charge in [0, 0.05) is 5.56 Å². The van der Waals surface area contributed by atoms with Crippen molar-refractivity contribution < 1.29 is 4.79 Å². The van der Waals surface area contributed by atoms with Gasteiger partial charge in [-0.15, -0.1) is 0 Å². The van der Waals surface area contributed by atoms with Crippen LogP contribution < -0.4 is 0 Å². The summed E-state index contributed by atoms with van der Waals surface area (Å²) in [5.74, 6) is 0.00678. The number of rotatable bonds is 5. The Bertz CT molecular complexity index is 842. The van der Waals surface area contributed by atoms with E-state index in [0.717, 1.165) is 16.7 Å². The van der Waals surface area contributed by atoms with Crippen molar-refractivity contribution in [3.8, 4) is 11.1 Å². The molecule has 1 heteroatoms. The first kappa shape index (κ1) is 15.7. The molecule has 0 aliphatic carbocycles. The van der Waals surface area contributed by atoms with Gasteiger partial charge in [0.25, 0.3) is 0 Å². The van der Waals surface area contributed by atoms with Gasteiger partial charge in [-0.3, -0.25) is 4.79 Å². The predicted octanol–water partition coefficient (Wildman–Crippen LogP) is 5.81. The third-order valence-corrected chi connectivity index (χ3v) is 3.72. The van der Waals surface area contributed by atoms with Crippen molar-refractivity contribution in [3.05, 3.63) is 114 Å². The summed E-state index contributed by atoms with van der Waals surface area (Å²) in [7, 11) is 0. The summed E-state index contributed by atoms with van der Waals surface area (Å²) >= 11 is 0. The van der Waals surface area contributed by atoms with Gasteiger partial charge < -0.3 is 0 Å². The first-order chi connectivity index (χ1) is 11.8. The molecular weight excluding hydrogens is 292 g/mol. The molecule has 0 unspecified atom stereocenters. The molecule has 3 aromatic rings. The van der Waals surface area contributed by atoms with E-state index >= 15 is 0 Å². The fraction of sp³-hybridized carbons (Fsp3) is 0. The van der Waals surface area contributed by atoms with Gasteiger partial charge in [-0.05, 0) is 22.8 Å². The summed E-state index contributed by atoms with van der Waals surface area (Å²) in [6, 6.07) is 27.8. The van der Waals surface area contributed by atoms with Crippen molar-refractivity contribution in [2.75, 3.05) is 0 Å². The van der Waals surface area contributed by atoms with Crippen molar-refractivity contribution in [1.29, 1.82) is 0 Å². The zero-order valence-electron chi connectivity index (χ0n) is 13.3. The van der Waals surface area contributed by atoms with Crippen LogP contribution in [-0.4, -0.2) is 5.78 Å². The second-order valence-electron chi connectivity index (χ2n) is 5.44. The molecule has 0 atom stereocenters. The second kappa shape index (κ2) is 7.89. The smallest absolute Gasteiger partial charge is 0.185 e. The summed E-state index contributed by atoms with van der Waals surface area (Å²) < 4.78 is 0. The van der Waals surface area contributed by atoms with Crippen LogP contribution in [0.5, 0.6) is 0 Å². The average Bonchev–Trinajstić information content (AvgIpc) is 2.67. The minimum Gasteiger partial charge on any atom is -0.289 e. The van der Waals surface area contributed by atoms with E-state index in [1.54, 1.807) is 12.2 Å². The Labute approximate surface area is 142 Å². The van der Waals surface area contributed by atoms with Crippen LogP contribution in [0.4, 0.5) is 0 Å². The Morgan fingerprint density at radius 2 is 1.21 bits per heavy atom. The van der Waals surface area contributed by atoms with Crippen LogP contribution in [0, 0.1) is 0 Å². The summed E-state index contributed by atoms with van der Waals surface area (Å²) in [6.45, 7) is 0. The van der Waals surface area contributed by atoms with Crippen LogP contribution >= 0.6 is 0 Å². The molecule has 0 saturated carbocycles. The van der Waals surface area contributed by atoms with Crippen LogP contribution in [0.15, 0.2) is 103 Å². The molecule has 1 nitrogen and oxygen atoms in total. The highest BCUT2D eigenvalue weighted by Gasteiger charge is 2.02. The van der Waals surface area contributed by atoms with Crippen LogP contribution in [0.25, 0.3) is 17.2 Å². The lowest BCUT2D eigenvalue weighted by Gasteiger charge is -2.02. The Morgan fingerprint density at radius 3 is 1.88 bits per heavy atom. The number of hydrogen-bond donors (Lipinski definition) is 0. The van der Waals surface area contributed by atoms with E-state index in [4.69, 9.17) is 0 Å². The quantitative estimate of drug-likeness (QED) is 0.330. The maximum Gasteiger partial charge on any atom is 0.185 e. The minimum absolute atomic E-state index is 0.00678. The Kier molecular flexibility index (Phi) is 5.16. The first-order valence-electron chi connectivity index (χ1n) is 7.92. The lowest BCUT2D eigenvalue weighted by atomic mass is 10.0. The molecule has 116 valence electrons. The number of ketones is 1. The monoisotopic (exact) mass is 310 g/mol. The SMILES string of the molecule is O=C(/C=C/C=C/c1ccccc1)c1ccc(-c2ccccc2)cc1. The van der Waals surface area contributed by atoms with Gasteiger partial charge >= 0.3 is 0 Å². The molecule has 0 aliphatic rings. The standard InChI is InChI=1S/C23H18O/c24-23(14-8-7-11-19-9-3-1-4-10-19)22-17-15-21(16-18-22)20-12-5-2-6-13-20/h1-18H/b11-7+,14-8+. The third-order valence-electron chi connectivity index (χ3n) is 3.72. The summed E-state index contributed by atoms with van der Waals surface area (Å²) in [5.41, 5.74) is 4.07. The van der Waals surface area contributed by atoms with Gasteiger partial charge in [-0.2, -0.15) is 0 Å². The van der Waals surface area contributed by atoms with E-state index in [1.165, 1.54) is 0 Å². The molecule has 24 heavy (non-hydrogen) atoms. The fourth-order valence-corrected chi connectivity index (χ4v) is 2.43. The zero-order valence-corrected chi connectivity index (χ0v) is 13.3. The molecule has 0 spiro atoms. The minimum atomic E-state index is 0.00678. The number of benzene rings is 3. The summed E-state index contributed by atoms with van der Waals surface area (Å²) in [4.78, 5) is 12.2. The average molecular weight is 310 g/mol. The van der Waals surface area contributed by atoms with Crippen LogP contribution in [0.1, 0.15) is 15.9 Å². The molecule has 0 heterocycles. The van der Waals surface area contributed by atoms with Crippen molar-refractivity contribution in [2.24, 2.45) is 0 Å². The predicted molar refractivity (Wildman–Crippen MR) is 101 cm³/mol. The molecule has 3 aromatic carbocycles. The largest absolute Gasteiger partial charge is 0.289 e. The van der Waals surface area contributed by atoms with Gasteiger partial charge in [0.2, 0.25) is 0 Å². The van der Waals surface area contributed by atoms with Gasteiger partial charge in [-0.1, -0.05) is 103 Å². The van der Waals surface area contributed by atoms with Crippen molar-refractivity contribution >= 4 is 11.9 Å².